The van der Waals surface area contributed by atoms with E-state index in [1.807, 2.05) is 19.1 Å². The lowest BCUT2D eigenvalue weighted by atomic mass is 10.0. The fourth-order valence-corrected chi connectivity index (χ4v) is 2.05. The Morgan fingerprint density at radius 2 is 2.00 bits per heavy atom. The maximum absolute atomic E-state index is 6.07. The van der Waals surface area contributed by atoms with Gasteiger partial charge in [0.05, 0.1) is 14.2 Å². The molecule has 0 aliphatic heterocycles. The van der Waals surface area contributed by atoms with Crippen LogP contribution in [0.2, 0.25) is 0 Å². The molecule has 16 heavy (non-hydrogen) atoms. The third-order valence-corrected chi connectivity index (χ3v) is 2.91. The fourth-order valence-electron chi connectivity index (χ4n) is 1.77. The van der Waals surface area contributed by atoms with Crippen molar-refractivity contribution in [1.29, 1.82) is 0 Å². The molecule has 1 aromatic carbocycles. The van der Waals surface area contributed by atoms with Crippen molar-refractivity contribution in [3.8, 4) is 11.5 Å². The van der Waals surface area contributed by atoms with Crippen molar-refractivity contribution in [3.05, 3.63) is 23.3 Å². The monoisotopic (exact) mass is 241 g/mol. The van der Waals surface area contributed by atoms with E-state index in [2.05, 4.69) is 12.6 Å². The van der Waals surface area contributed by atoms with E-state index in [0.29, 0.717) is 0 Å². The Morgan fingerprint density at radius 3 is 2.50 bits per heavy atom. The molecule has 0 saturated carbocycles. The van der Waals surface area contributed by atoms with Gasteiger partial charge >= 0.3 is 0 Å². The molecule has 0 aliphatic carbocycles. The van der Waals surface area contributed by atoms with Gasteiger partial charge in [0.2, 0.25) is 0 Å². The molecule has 0 radical (unpaired) electrons. The largest absolute Gasteiger partial charge is 0.496 e. The van der Waals surface area contributed by atoms with E-state index in [-0.39, 0.29) is 6.04 Å². The summed E-state index contributed by atoms with van der Waals surface area (Å²) in [6, 6.07) is 3.83. The van der Waals surface area contributed by atoms with Crippen LogP contribution in [-0.2, 0) is 0 Å². The Labute approximate surface area is 102 Å². The quantitative estimate of drug-likeness (QED) is 0.778. The first-order chi connectivity index (χ1) is 7.65. The minimum atomic E-state index is -0.0444. The third kappa shape index (κ3) is 2.62. The lowest BCUT2D eigenvalue weighted by molar-refractivity contribution is 0.382. The second-order valence-corrected chi connectivity index (χ2v) is 4.08. The molecule has 1 aromatic rings. The number of rotatable bonds is 5. The molecule has 1 rings (SSSR count). The number of hydrogen-bond acceptors (Lipinski definition) is 4. The summed E-state index contributed by atoms with van der Waals surface area (Å²) in [6.45, 7) is 1.97. The highest BCUT2D eigenvalue weighted by atomic mass is 32.1. The van der Waals surface area contributed by atoms with Crippen LogP contribution >= 0.6 is 12.6 Å². The van der Waals surface area contributed by atoms with Crippen LogP contribution in [0, 0.1) is 6.92 Å². The zero-order valence-electron chi connectivity index (χ0n) is 9.99. The molecule has 0 aliphatic rings. The lowest BCUT2D eigenvalue weighted by Gasteiger charge is -2.18. The molecule has 0 spiro atoms. The lowest BCUT2D eigenvalue weighted by Crippen LogP contribution is -2.13. The highest BCUT2D eigenvalue weighted by Gasteiger charge is 2.15. The van der Waals surface area contributed by atoms with Gasteiger partial charge < -0.3 is 15.2 Å². The van der Waals surface area contributed by atoms with Crippen molar-refractivity contribution in [2.24, 2.45) is 5.73 Å². The highest BCUT2D eigenvalue weighted by Crippen LogP contribution is 2.34. The van der Waals surface area contributed by atoms with Crippen LogP contribution < -0.4 is 15.2 Å². The maximum atomic E-state index is 6.07. The summed E-state index contributed by atoms with van der Waals surface area (Å²) in [5.74, 6) is 2.39. The molecule has 0 aromatic heterocycles. The molecule has 0 heterocycles. The molecule has 90 valence electrons. The molecular weight excluding hydrogens is 222 g/mol. The van der Waals surface area contributed by atoms with Crippen LogP contribution in [0.1, 0.15) is 23.6 Å². The van der Waals surface area contributed by atoms with Gasteiger partial charge in [-0.25, -0.2) is 0 Å². The predicted octanol–water partition coefficient (Wildman–Crippen LogP) is 2.33. The van der Waals surface area contributed by atoms with E-state index in [9.17, 15) is 0 Å². The summed E-state index contributed by atoms with van der Waals surface area (Å²) >= 11 is 4.19. The Bertz CT molecular complexity index is 355. The molecule has 3 nitrogen and oxygen atoms in total. The average molecular weight is 241 g/mol. The van der Waals surface area contributed by atoms with E-state index >= 15 is 0 Å². The Hall–Kier alpha value is -0.870. The van der Waals surface area contributed by atoms with E-state index in [4.69, 9.17) is 15.2 Å². The van der Waals surface area contributed by atoms with Crippen molar-refractivity contribution in [2.75, 3.05) is 20.0 Å². The van der Waals surface area contributed by atoms with Gasteiger partial charge in [0.15, 0.2) is 0 Å². The van der Waals surface area contributed by atoms with Crippen molar-refractivity contribution < 1.29 is 9.47 Å². The average Bonchev–Trinajstić information content (AvgIpc) is 2.28. The van der Waals surface area contributed by atoms with Gasteiger partial charge in [0.1, 0.15) is 11.5 Å². The smallest absolute Gasteiger partial charge is 0.130 e. The Morgan fingerprint density at radius 1 is 1.31 bits per heavy atom. The molecular formula is C12H19NO2S. The zero-order chi connectivity index (χ0) is 12.1. The van der Waals surface area contributed by atoms with Gasteiger partial charge in [-0.1, -0.05) is 6.07 Å². The summed E-state index contributed by atoms with van der Waals surface area (Å²) < 4.78 is 10.6. The Kier molecular flexibility index (Phi) is 4.96. The van der Waals surface area contributed by atoms with E-state index in [1.165, 1.54) is 0 Å². The zero-order valence-corrected chi connectivity index (χ0v) is 10.9. The second-order valence-electron chi connectivity index (χ2n) is 3.63. The molecule has 0 amide bonds. The first-order valence-electron chi connectivity index (χ1n) is 5.23. The van der Waals surface area contributed by atoms with Crippen LogP contribution in [0.5, 0.6) is 11.5 Å². The van der Waals surface area contributed by atoms with E-state index < -0.39 is 0 Å². The summed E-state index contributed by atoms with van der Waals surface area (Å²) in [5, 5.41) is 0. The normalized spacial score (nSPS) is 12.3. The van der Waals surface area contributed by atoms with Crippen LogP contribution in [-0.4, -0.2) is 20.0 Å². The molecule has 0 bridgehead atoms. The topological polar surface area (TPSA) is 44.5 Å². The van der Waals surface area contributed by atoms with Crippen LogP contribution in [0.15, 0.2) is 12.1 Å². The number of nitrogens with two attached hydrogens (primary N) is 1. The van der Waals surface area contributed by atoms with Gasteiger partial charge in [-0.05, 0) is 25.2 Å². The van der Waals surface area contributed by atoms with E-state index in [1.54, 1.807) is 14.2 Å². The number of ether oxygens (including phenoxy) is 2. The van der Waals surface area contributed by atoms with Crippen molar-refractivity contribution in [3.63, 3.8) is 0 Å². The summed E-state index contributed by atoms with van der Waals surface area (Å²) in [4.78, 5) is 0. The molecule has 1 unspecified atom stereocenters. The molecule has 4 heteroatoms. The molecule has 0 saturated heterocycles. The van der Waals surface area contributed by atoms with Gasteiger partial charge in [0, 0.05) is 17.2 Å². The van der Waals surface area contributed by atoms with Crippen molar-refractivity contribution in [2.45, 2.75) is 19.4 Å². The SMILES string of the molecule is COc1ccc(C(N)CCS)c(OC)c1C. The standard InChI is InChI=1S/C12H19NO2S/c1-8-11(14-2)5-4-9(12(8)15-3)10(13)6-7-16/h4-5,10,16H,6-7,13H2,1-3H3. The minimum Gasteiger partial charge on any atom is -0.496 e. The molecule has 0 fully saturated rings. The van der Waals surface area contributed by atoms with Crippen LogP contribution in [0.4, 0.5) is 0 Å². The summed E-state index contributed by atoms with van der Waals surface area (Å²) in [7, 11) is 3.30. The van der Waals surface area contributed by atoms with Gasteiger partial charge in [-0.3, -0.25) is 0 Å². The van der Waals surface area contributed by atoms with Gasteiger partial charge in [0.25, 0.3) is 0 Å². The second kappa shape index (κ2) is 6.01. The van der Waals surface area contributed by atoms with Crippen LogP contribution in [0.25, 0.3) is 0 Å². The fraction of sp³-hybridized carbons (Fsp3) is 0.500. The van der Waals surface area contributed by atoms with Crippen LogP contribution in [0.3, 0.4) is 0 Å². The number of hydrogen-bond donors (Lipinski definition) is 2. The van der Waals surface area contributed by atoms with Crippen molar-refractivity contribution in [1.82, 2.24) is 0 Å². The Balaban J connectivity index is 3.14. The number of benzene rings is 1. The van der Waals surface area contributed by atoms with E-state index in [0.717, 1.165) is 34.8 Å². The summed E-state index contributed by atoms with van der Waals surface area (Å²) in [5.41, 5.74) is 8.07. The first-order valence-corrected chi connectivity index (χ1v) is 5.86. The number of thiol groups is 1. The van der Waals surface area contributed by atoms with Gasteiger partial charge in [-0.15, -0.1) is 0 Å². The third-order valence-electron chi connectivity index (χ3n) is 2.65. The highest BCUT2D eigenvalue weighted by molar-refractivity contribution is 7.80. The minimum absolute atomic E-state index is 0.0444. The van der Waals surface area contributed by atoms with Crippen molar-refractivity contribution >= 4 is 12.6 Å². The van der Waals surface area contributed by atoms with Gasteiger partial charge in [-0.2, -0.15) is 12.6 Å². The predicted molar refractivity (Wildman–Crippen MR) is 69.7 cm³/mol. The molecule has 1 atom stereocenters. The molecule has 2 N–H and O–H groups in total. The summed E-state index contributed by atoms with van der Waals surface area (Å²) in [6.07, 6.45) is 0.825. The maximum Gasteiger partial charge on any atom is 0.130 e. The first kappa shape index (κ1) is 13.2. The number of methoxy groups -OCH3 is 2.